The minimum Gasteiger partial charge on any atom is -0.323 e. The van der Waals surface area contributed by atoms with Gasteiger partial charge >= 0.3 is 6.03 Å². The lowest BCUT2D eigenvalue weighted by Gasteiger charge is -2.36. The first-order valence-corrected chi connectivity index (χ1v) is 9.36. The van der Waals surface area contributed by atoms with Gasteiger partial charge in [0.2, 0.25) is 5.91 Å². The highest BCUT2D eigenvalue weighted by molar-refractivity contribution is 6.10. The van der Waals surface area contributed by atoms with Gasteiger partial charge in [-0.05, 0) is 32.1 Å². The number of carbonyl (C=O) groups is 3. The first-order valence-electron chi connectivity index (χ1n) is 9.36. The molecule has 1 saturated carbocycles. The molecule has 2 N–H and O–H groups in total. The summed E-state index contributed by atoms with van der Waals surface area (Å²) in [4.78, 5) is 38.8. The number of hydrogen-bond donors (Lipinski definition) is 2. The Kier molecular flexibility index (Phi) is 5.02. The van der Waals surface area contributed by atoms with Crippen molar-refractivity contribution in [2.45, 2.75) is 64.5 Å². The van der Waals surface area contributed by atoms with E-state index >= 15 is 0 Å². The van der Waals surface area contributed by atoms with Crippen LogP contribution in [0.25, 0.3) is 0 Å². The molecule has 3 unspecified atom stereocenters. The zero-order valence-electron chi connectivity index (χ0n) is 15.6. The molecule has 0 bridgehead atoms. The van der Waals surface area contributed by atoms with Gasteiger partial charge in [-0.1, -0.05) is 26.7 Å². The molecule has 4 amide bonds. The van der Waals surface area contributed by atoms with E-state index in [0.29, 0.717) is 12.2 Å². The zero-order chi connectivity index (χ0) is 18.9. The SMILES string of the molecule is CCC(C)n1nccc1NC(=O)CN1C(=O)NC2(CCCCC2C)C1=O. The van der Waals surface area contributed by atoms with Crippen LogP contribution in [0.1, 0.15) is 58.9 Å². The van der Waals surface area contributed by atoms with E-state index in [1.165, 1.54) is 0 Å². The average Bonchev–Trinajstić information content (AvgIpc) is 3.16. The third kappa shape index (κ3) is 3.08. The molecule has 1 spiro atoms. The second-order valence-electron chi connectivity index (χ2n) is 7.41. The van der Waals surface area contributed by atoms with Crippen LogP contribution in [0.15, 0.2) is 12.3 Å². The first kappa shape index (κ1) is 18.4. The Morgan fingerprint density at radius 2 is 2.23 bits per heavy atom. The van der Waals surface area contributed by atoms with Crippen molar-refractivity contribution < 1.29 is 14.4 Å². The molecule has 1 aromatic heterocycles. The summed E-state index contributed by atoms with van der Waals surface area (Å²) in [5, 5.41) is 9.85. The molecule has 0 radical (unpaired) electrons. The Balaban J connectivity index is 1.69. The van der Waals surface area contributed by atoms with Gasteiger partial charge in [-0.15, -0.1) is 0 Å². The minimum atomic E-state index is -0.839. The largest absolute Gasteiger partial charge is 0.325 e. The molecule has 2 aliphatic rings. The second kappa shape index (κ2) is 7.09. The van der Waals surface area contributed by atoms with Crippen molar-refractivity contribution >= 4 is 23.7 Å². The fourth-order valence-electron chi connectivity index (χ4n) is 3.90. The molecule has 142 valence electrons. The van der Waals surface area contributed by atoms with Crippen molar-refractivity contribution in [1.29, 1.82) is 0 Å². The van der Waals surface area contributed by atoms with E-state index < -0.39 is 17.5 Å². The number of anilines is 1. The van der Waals surface area contributed by atoms with Gasteiger partial charge in [-0.2, -0.15) is 5.10 Å². The normalized spacial score (nSPS) is 26.9. The molecule has 3 atom stereocenters. The summed E-state index contributed by atoms with van der Waals surface area (Å²) >= 11 is 0. The van der Waals surface area contributed by atoms with E-state index in [-0.39, 0.29) is 24.4 Å². The lowest BCUT2D eigenvalue weighted by Crippen LogP contribution is -2.54. The summed E-state index contributed by atoms with van der Waals surface area (Å²) in [6.07, 6.45) is 6.00. The van der Waals surface area contributed by atoms with Gasteiger partial charge in [0.15, 0.2) is 0 Å². The number of urea groups is 1. The number of rotatable bonds is 5. The molecule has 2 heterocycles. The summed E-state index contributed by atoms with van der Waals surface area (Å²) in [6.45, 7) is 5.75. The molecule has 3 rings (SSSR count). The average molecular weight is 361 g/mol. The van der Waals surface area contributed by atoms with Gasteiger partial charge in [0, 0.05) is 6.07 Å². The zero-order valence-corrected chi connectivity index (χ0v) is 15.6. The maximum atomic E-state index is 12.9. The molecule has 2 fully saturated rings. The van der Waals surface area contributed by atoms with Crippen molar-refractivity contribution in [2.24, 2.45) is 5.92 Å². The summed E-state index contributed by atoms with van der Waals surface area (Å²) in [6, 6.07) is 1.37. The number of imide groups is 1. The Morgan fingerprint density at radius 1 is 1.46 bits per heavy atom. The lowest BCUT2D eigenvalue weighted by molar-refractivity contribution is -0.136. The number of carbonyl (C=O) groups excluding carboxylic acids is 3. The lowest BCUT2D eigenvalue weighted by atomic mass is 9.73. The number of amides is 4. The summed E-state index contributed by atoms with van der Waals surface area (Å²) < 4.78 is 1.73. The van der Waals surface area contributed by atoms with E-state index in [0.717, 1.165) is 30.6 Å². The van der Waals surface area contributed by atoms with Crippen LogP contribution >= 0.6 is 0 Å². The van der Waals surface area contributed by atoms with E-state index in [1.54, 1.807) is 16.9 Å². The second-order valence-corrected chi connectivity index (χ2v) is 7.41. The number of hydrogen-bond acceptors (Lipinski definition) is 4. The third-order valence-corrected chi connectivity index (χ3v) is 5.75. The predicted molar refractivity (Wildman–Crippen MR) is 96.5 cm³/mol. The van der Waals surface area contributed by atoms with Crippen LogP contribution in [0.4, 0.5) is 10.6 Å². The maximum Gasteiger partial charge on any atom is 0.325 e. The van der Waals surface area contributed by atoms with Gasteiger partial charge in [-0.25, -0.2) is 9.48 Å². The van der Waals surface area contributed by atoms with Crippen LogP contribution in [-0.2, 0) is 9.59 Å². The molecule has 8 nitrogen and oxygen atoms in total. The monoisotopic (exact) mass is 361 g/mol. The minimum absolute atomic E-state index is 0.0765. The maximum absolute atomic E-state index is 12.9. The van der Waals surface area contributed by atoms with Gasteiger partial charge < -0.3 is 10.6 Å². The van der Waals surface area contributed by atoms with Gasteiger partial charge in [0.1, 0.15) is 17.9 Å². The highest BCUT2D eigenvalue weighted by atomic mass is 16.2. The standard InChI is InChI=1S/C18H27N5O3/c1-4-13(3)23-14(8-10-19-23)20-15(24)11-22-16(25)18(21-17(22)26)9-6-5-7-12(18)2/h8,10,12-13H,4-7,9,11H2,1-3H3,(H,20,24)(H,21,26). The summed E-state index contributed by atoms with van der Waals surface area (Å²) in [5.74, 6) is -0.0379. The van der Waals surface area contributed by atoms with Crippen molar-refractivity contribution in [2.75, 3.05) is 11.9 Å². The van der Waals surface area contributed by atoms with Crippen LogP contribution < -0.4 is 10.6 Å². The Morgan fingerprint density at radius 3 is 2.92 bits per heavy atom. The molecule has 1 aliphatic heterocycles. The van der Waals surface area contributed by atoms with Crippen molar-refractivity contribution in [3.05, 3.63) is 12.3 Å². The first-order chi connectivity index (χ1) is 12.4. The van der Waals surface area contributed by atoms with Crippen molar-refractivity contribution in [3.8, 4) is 0 Å². The number of nitrogens with zero attached hydrogens (tertiary/aromatic N) is 3. The van der Waals surface area contributed by atoms with E-state index in [4.69, 9.17) is 0 Å². The Hall–Kier alpha value is -2.38. The molecular weight excluding hydrogens is 334 g/mol. The van der Waals surface area contributed by atoms with Crippen molar-refractivity contribution in [3.63, 3.8) is 0 Å². The highest BCUT2D eigenvalue weighted by Crippen LogP contribution is 2.38. The van der Waals surface area contributed by atoms with Crippen LogP contribution in [0.3, 0.4) is 0 Å². The van der Waals surface area contributed by atoms with E-state index in [9.17, 15) is 14.4 Å². The third-order valence-electron chi connectivity index (χ3n) is 5.75. The smallest absolute Gasteiger partial charge is 0.323 e. The molecule has 8 heteroatoms. The summed E-state index contributed by atoms with van der Waals surface area (Å²) in [5.41, 5.74) is -0.839. The van der Waals surface area contributed by atoms with E-state index in [2.05, 4.69) is 15.7 Å². The van der Waals surface area contributed by atoms with Crippen molar-refractivity contribution in [1.82, 2.24) is 20.0 Å². The fourth-order valence-corrected chi connectivity index (χ4v) is 3.90. The van der Waals surface area contributed by atoms with Crippen LogP contribution in [-0.4, -0.2) is 44.6 Å². The van der Waals surface area contributed by atoms with Gasteiger partial charge in [0.05, 0.1) is 12.2 Å². The number of aromatic nitrogens is 2. The van der Waals surface area contributed by atoms with Gasteiger partial charge in [-0.3, -0.25) is 14.5 Å². The van der Waals surface area contributed by atoms with Crippen LogP contribution in [0.2, 0.25) is 0 Å². The van der Waals surface area contributed by atoms with Crippen LogP contribution in [0.5, 0.6) is 0 Å². The Bertz CT molecular complexity index is 715. The molecular formula is C18H27N5O3. The molecule has 1 aliphatic carbocycles. The molecule has 0 aromatic carbocycles. The van der Waals surface area contributed by atoms with Gasteiger partial charge in [0.25, 0.3) is 5.91 Å². The van der Waals surface area contributed by atoms with Crippen LogP contribution in [0, 0.1) is 5.92 Å². The predicted octanol–water partition coefficient (Wildman–Crippen LogP) is 2.29. The molecule has 26 heavy (non-hydrogen) atoms. The summed E-state index contributed by atoms with van der Waals surface area (Å²) in [7, 11) is 0. The highest BCUT2D eigenvalue weighted by Gasteiger charge is 2.55. The fraction of sp³-hybridized carbons (Fsp3) is 0.667. The Labute approximate surface area is 153 Å². The number of nitrogens with one attached hydrogen (secondary N) is 2. The quantitative estimate of drug-likeness (QED) is 0.787. The molecule has 1 saturated heterocycles. The van der Waals surface area contributed by atoms with E-state index in [1.807, 2.05) is 20.8 Å². The molecule has 1 aromatic rings. The topological polar surface area (TPSA) is 96.3 Å².